The fraction of sp³-hybridized carbons (Fsp3) is 0.0909. The number of carbonyl (C=O) groups is 1. The van der Waals surface area contributed by atoms with E-state index in [1.54, 1.807) is 25.1 Å². The topological polar surface area (TPSA) is 55.1 Å². The van der Waals surface area contributed by atoms with E-state index in [4.69, 9.17) is 4.42 Å². The molecule has 1 amide bonds. The van der Waals surface area contributed by atoms with Gasteiger partial charge in [0.05, 0.1) is 5.69 Å². The molecule has 1 aromatic carbocycles. The summed E-state index contributed by atoms with van der Waals surface area (Å²) in [5, 5.41) is 2.67. The van der Waals surface area contributed by atoms with E-state index in [0.29, 0.717) is 22.7 Å². The minimum atomic E-state index is -0.261. The monoisotopic (exact) mass is 202 g/mol. The molecule has 0 spiro atoms. The van der Waals surface area contributed by atoms with Gasteiger partial charge in [0.25, 0.3) is 0 Å². The highest BCUT2D eigenvalue weighted by Crippen LogP contribution is 2.23. The minimum absolute atomic E-state index is 0.261. The van der Waals surface area contributed by atoms with Crippen molar-refractivity contribution >= 4 is 22.7 Å². The van der Waals surface area contributed by atoms with Crippen LogP contribution in [0.5, 0.6) is 0 Å². The largest absolute Gasteiger partial charge is 0.441 e. The number of hydrogen-bond acceptors (Lipinski definition) is 3. The molecule has 0 aliphatic heterocycles. The van der Waals surface area contributed by atoms with Crippen LogP contribution in [0.1, 0.15) is 5.89 Å². The van der Waals surface area contributed by atoms with E-state index < -0.39 is 0 Å². The first-order valence-corrected chi connectivity index (χ1v) is 4.50. The zero-order valence-electron chi connectivity index (χ0n) is 8.28. The zero-order valence-corrected chi connectivity index (χ0v) is 8.28. The summed E-state index contributed by atoms with van der Waals surface area (Å²) in [6.45, 7) is 5.15. The molecule has 0 unspecified atom stereocenters. The van der Waals surface area contributed by atoms with E-state index in [1.807, 2.05) is 0 Å². The number of benzene rings is 1. The van der Waals surface area contributed by atoms with E-state index in [1.165, 1.54) is 6.08 Å². The zero-order chi connectivity index (χ0) is 10.8. The molecule has 0 aliphatic rings. The molecule has 0 saturated carbocycles. The van der Waals surface area contributed by atoms with Gasteiger partial charge in [-0.3, -0.25) is 4.79 Å². The molecule has 0 radical (unpaired) electrons. The number of nitrogens with zero attached hydrogens (tertiary/aromatic N) is 1. The number of para-hydroxylation sites is 1. The van der Waals surface area contributed by atoms with Crippen molar-refractivity contribution in [2.45, 2.75) is 6.92 Å². The van der Waals surface area contributed by atoms with Crippen molar-refractivity contribution in [3.63, 3.8) is 0 Å². The maximum atomic E-state index is 11.1. The van der Waals surface area contributed by atoms with Crippen molar-refractivity contribution in [2.24, 2.45) is 0 Å². The predicted octanol–water partition coefficient (Wildman–Crippen LogP) is 2.26. The number of fused-ring (bicyclic) bond motifs is 1. The quantitative estimate of drug-likeness (QED) is 0.760. The maximum Gasteiger partial charge on any atom is 0.247 e. The second-order valence-electron chi connectivity index (χ2n) is 3.08. The predicted molar refractivity (Wildman–Crippen MR) is 57.6 cm³/mol. The van der Waals surface area contributed by atoms with Crippen LogP contribution in [0, 0.1) is 6.92 Å². The number of aryl methyl sites for hydroxylation is 1. The molecule has 2 aromatic rings. The van der Waals surface area contributed by atoms with Crippen LogP contribution < -0.4 is 5.32 Å². The van der Waals surface area contributed by atoms with Gasteiger partial charge in [-0.15, -0.1) is 0 Å². The Bertz CT molecular complexity index is 528. The molecule has 0 aliphatic carbocycles. The number of nitrogens with one attached hydrogen (secondary N) is 1. The summed E-state index contributed by atoms with van der Waals surface area (Å²) in [7, 11) is 0. The first kappa shape index (κ1) is 9.45. The van der Waals surface area contributed by atoms with Crippen LogP contribution in [-0.2, 0) is 4.79 Å². The summed E-state index contributed by atoms with van der Waals surface area (Å²) in [6, 6.07) is 5.37. The van der Waals surface area contributed by atoms with Gasteiger partial charge in [0.2, 0.25) is 5.91 Å². The van der Waals surface area contributed by atoms with Crippen molar-refractivity contribution in [3.8, 4) is 0 Å². The van der Waals surface area contributed by atoms with E-state index in [2.05, 4.69) is 16.9 Å². The maximum absolute atomic E-state index is 11.1. The van der Waals surface area contributed by atoms with Crippen LogP contribution in [0.2, 0.25) is 0 Å². The Hall–Kier alpha value is -2.10. The number of amides is 1. The van der Waals surface area contributed by atoms with E-state index in [-0.39, 0.29) is 5.91 Å². The highest BCUT2D eigenvalue weighted by atomic mass is 16.3. The molecule has 15 heavy (non-hydrogen) atoms. The van der Waals surface area contributed by atoms with Crippen molar-refractivity contribution in [2.75, 3.05) is 5.32 Å². The highest BCUT2D eigenvalue weighted by Gasteiger charge is 2.07. The summed E-state index contributed by atoms with van der Waals surface area (Å²) in [6.07, 6.45) is 1.21. The van der Waals surface area contributed by atoms with E-state index in [0.717, 1.165) is 0 Å². The van der Waals surface area contributed by atoms with Crippen molar-refractivity contribution < 1.29 is 9.21 Å². The van der Waals surface area contributed by atoms with Gasteiger partial charge in [0.1, 0.15) is 5.52 Å². The lowest BCUT2D eigenvalue weighted by Gasteiger charge is -2.00. The van der Waals surface area contributed by atoms with E-state index in [9.17, 15) is 4.79 Å². The smallest absolute Gasteiger partial charge is 0.247 e. The van der Waals surface area contributed by atoms with Gasteiger partial charge in [0, 0.05) is 6.92 Å². The molecule has 4 heteroatoms. The number of hydrogen-bond donors (Lipinski definition) is 1. The fourth-order valence-electron chi connectivity index (χ4n) is 1.34. The third kappa shape index (κ3) is 1.74. The first-order chi connectivity index (χ1) is 7.20. The molecule has 0 atom stereocenters. The van der Waals surface area contributed by atoms with Crippen molar-refractivity contribution in [3.05, 3.63) is 36.7 Å². The number of carbonyl (C=O) groups excluding carboxylic acids is 1. The minimum Gasteiger partial charge on any atom is -0.441 e. The first-order valence-electron chi connectivity index (χ1n) is 4.50. The van der Waals surface area contributed by atoms with Crippen LogP contribution in [0.3, 0.4) is 0 Å². The fourth-order valence-corrected chi connectivity index (χ4v) is 1.34. The van der Waals surface area contributed by atoms with Crippen molar-refractivity contribution in [1.29, 1.82) is 0 Å². The van der Waals surface area contributed by atoms with E-state index >= 15 is 0 Å². The second-order valence-corrected chi connectivity index (χ2v) is 3.08. The molecule has 2 rings (SSSR count). The van der Waals surface area contributed by atoms with Crippen LogP contribution in [0.4, 0.5) is 5.69 Å². The normalized spacial score (nSPS) is 10.2. The lowest BCUT2D eigenvalue weighted by Crippen LogP contribution is -2.07. The molecule has 1 N–H and O–H groups in total. The van der Waals surface area contributed by atoms with Gasteiger partial charge in [0.15, 0.2) is 11.5 Å². The Kier molecular flexibility index (Phi) is 2.25. The Morgan fingerprint density at radius 3 is 3.13 bits per heavy atom. The third-order valence-corrected chi connectivity index (χ3v) is 1.97. The molecule has 1 heterocycles. The van der Waals surface area contributed by atoms with Crippen LogP contribution in [0.15, 0.2) is 35.3 Å². The summed E-state index contributed by atoms with van der Waals surface area (Å²) >= 11 is 0. The Labute approximate surface area is 86.6 Å². The van der Waals surface area contributed by atoms with Crippen molar-refractivity contribution in [1.82, 2.24) is 4.98 Å². The Morgan fingerprint density at radius 2 is 2.40 bits per heavy atom. The van der Waals surface area contributed by atoms with Gasteiger partial charge >= 0.3 is 0 Å². The molecular formula is C11H10N2O2. The van der Waals surface area contributed by atoms with Gasteiger partial charge in [-0.1, -0.05) is 12.6 Å². The summed E-state index contributed by atoms with van der Waals surface area (Å²) in [4.78, 5) is 15.3. The van der Waals surface area contributed by atoms with Gasteiger partial charge in [-0.05, 0) is 18.2 Å². The van der Waals surface area contributed by atoms with Crippen LogP contribution in [0.25, 0.3) is 11.1 Å². The summed E-state index contributed by atoms with van der Waals surface area (Å²) < 4.78 is 5.34. The molecule has 0 bridgehead atoms. The highest BCUT2D eigenvalue weighted by molar-refractivity contribution is 6.03. The Balaban J connectivity index is 2.50. The summed E-state index contributed by atoms with van der Waals surface area (Å²) in [5.74, 6) is 0.313. The number of rotatable bonds is 2. The molecule has 4 nitrogen and oxygen atoms in total. The SMILES string of the molecule is C=CC(=O)Nc1cccc2oc(C)nc12. The van der Waals surface area contributed by atoms with Gasteiger partial charge in [-0.25, -0.2) is 4.98 Å². The molecule has 1 aromatic heterocycles. The standard InChI is InChI=1S/C11H10N2O2/c1-3-10(14)13-8-5-4-6-9-11(8)12-7(2)15-9/h3-6H,1H2,2H3,(H,13,14). The molecule has 0 saturated heterocycles. The average molecular weight is 202 g/mol. The molecular weight excluding hydrogens is 192 g/mol. The third-order valence-electron chi connectivity index (χ3n) is 1.97. The number of anilines is 1. The Morgan fingerprint density at radius 1 is 1.60 bits per heavy atom. The number of aromatic nitrogens is 1. The average Bonchev–Trinajstić information content (AvgIpc) is 2.59. The second kappa shape index (κ2) is 3.57. The lowest BCUT2D eigenvalue weighted by atomic mass is 10.3. The number of oxazole rings is 1. The molecule has 0 fully saturated rings. The van der Waals surface area contributed by atoms with Gasteiger partial charge < -0.3 is 9.73 Å². The van der Waals surface area contributed by atoms with Crippen LogP contribution >= 0.6 is 0 Å². The molecule has 76 valence electrons. The summed E-state index contributed by atoms with van der Waals surface area (Å²) in [5.41, 5.74) is 1.95. The van der Waals surface area contributed by atoms with Crippen LogP contribution in [-0.4, -0.2) is 10.9 Å². The lowest BCUT2D eigenvalue weighted by molar-refractivity contribution is -0.111. The van der Waals surface area contributed by atoms with Gasteiger partial charge in [-0.2, -0.15) is 0 Å².